The average Bonchev–Trinajstić information content (AvgIpc) is 4.26. The van der Waals surface area contributed by atoms with Gasteiger partial charge in [-0.3, -0.25) is 4.90 Å². The summed E-state index contributed by atoms with van der Waals surface area (Å²) in [4.78, 5) is 5.09. The average molecular weight is 1240 g/mol. The molecule has 2 N–H and O–H groups in total. The summed E-state index contributed by atoms with van der Waals surface area (Å²) in [5.74, 6) is 3.30. The minimum atomic E-state index is 0. The van der Waals surface area contributed by atoms with E-state index in [0.29, 0.717) is 67.9 Å². The van der Waals surface area contributed by atoms with E-state index < -0.39 is 0 Å². The van der Waals surface area contributed by atoms with Crippen molar-refractivity contribution >= 4 is 158 Å². The van der Waals surface area contributed by atoms with E-state index in [0.717, 1.165) is 61.7 Å². The van der Waals surface area contributed by atoms with Gasteiger partial charge in [-0.2, -0.15) is 0 Å². The zero-order valence-corrected chi connectivity index (χ0v) is 49.5. The summed E-state index contributed by atoms with van der Waals surface area (Å²) in [7, 11) is 0. The molecule has 4 aliphatic carbocycles. The van der Waals surface area contributed by atoms with E-state index in [4.69, 9.17) is 92.8 Å². The third-order valence-electron chi connectivity index (χ3n) is 15.7. The van der Waals surface area contributed by atoms with E-state index in [1.54, 1.807) is 0 Å². The fraction of sp³-hybridized carbons (Fsp3) is 0.529. The fourth-order valence-electron chi connectivity index (χ4n) is 11.4. The Morgan fingerprint density at radius 2 is 0.824 bits per heavy atom. The van der Waals surface area contributed by atoms with Crippen molar-refractivity contribution < 1.29 is 0 Å². The SMILES string of the molecule is CC(C)N1CC2C[C@@]2(c2ccc(Cl)c(Cl)c2)C1.CCBr.CCN1CC2C[C@@]2(c2ccc(Cl)c(Cl)c2)C1.Cl.Cl.Cl.Cl.Clc1ccc([C@]23CNCC2C3)cc1Cl.Clc1ccc([C@]23CNCC2C3)cc1Cl. The van der Waals surface area contributed by atoms with E-state index in [1.165, 1.54) is 74.1 Å². The third-order valence-corrected chi connectivity index (χ3v) is 18.6. The first kappa shape index (κ1) is 61.2. The van der Waals surface area contributed by atoms with E-state index in [9.17, 15) is 0 Å². The van der Waals surface area contributed by atoms with E-state index in [1.807, 2.05) is 43.3 Å². The van der Waals surface area contributed by atoms with Gasteiger partial charge in [0.25, 0.3) is 0 Å². The highest BCUT2D eigenvalue weighted by molar-refractivity contribution is 9.09. The highest BCUT2D eigenvalue weighted by atomic mass is 79.9. The number of fused-ring (bicyclic) bond motifs is 4. The summed E-state index contributed by atoms with van der Waals surface area (Å²) in [5, 5.41) is 13.2. The van der Waals surface area contributed by atoms with Crippen LogP contribution in [0.15, 0.2) is 72.8 Å². The number of likely N-dealkylation sites (N-methyl/N-ethyl adjacent to an activating group) is 1. The fourth-order valence-corrected chi connectivity index (χ4v) is 12.6. The molecule has 4 nitrogen and oxygen atoms in total. The standard InChI is InChI=1S/C14H17Cl2N.C13H15Cl2N.2C11H11Cl2N.C2H5Br.4ClH/c1-9(2)17-7-11-6-14(11,8-17)10-3-4-12(15)13(16)5-10;1-2-16-7-10-6-13(10,8-16)9-3-4-11(14)12(15)5-9;2*12-9-2-1-7(3-10(9)13)11-4-8(11)5-14-6-11;1-2-3;;;;/h3-5,9,11H,6-8H2,1-2H3;3-5,10H,2,6-8H2,1H3;2*1-3,8,14H,4-6H2;2H2,1H3;4*1H/t11?,14-;10?,13-;2*8?,11-;;;;;/m0000...../s1. The second-order valence-electron chi connectivity index (χ2n) is 19.6. The van der Waals surface area contributed by atoms with E-state index in [2.05, 4.69) is 93.5 Å². The van der Waals surface area contributed by atoms with Gasteiger partial charge in [-0.05, 0) is 154 Å². The summed E-state index contributed by atoms with van der Waals surface area (Å²) < 4.78 is 0. The molecular weight excluding hydrogens is 1170 g/mol. The maximum Gasteiger partial charge on any atom is 0.0595 e. The van der Waals surface area contributed by atoms with Crippen molar-refractivity contribution in [3.8, 4) is 0 Å². The van der Waals surface area contributed by atoms with Gasteiger partial charge < -0.3 is 15.5 Å². The highest BCUT2D eigenvalue weighted by Gasteiger charge is 2.62. The molecule has 8 aliphatic rings. The monoisotopic (exact) mass is 1230 g/mol. The zero-order valence-electron chi connectivity index (χ0n) is 38.6. The number of piperidine rings is 4. The van der Waals surface area contributed by atoms with Crippen LogP contribution in [0.1, 0.15) is 75.6 Å². The van der Waals surface area contributed by atoms with Gasteiger partial charge in [-0.25, -0.2) is 0 Å². The number of hydrogen-bond donors (Lipinski definition) is 2. The van der Waals surface area contributed by atoms with Crippen molar-refractivity contribution in [3.63, 3.8) is 0 Å². The van der Waals surface area contributed by atoms with Crippen molar-refractivity contribution in [2.24, 2.45) is 23.7 Å². The number of rotatable bonds is 6. The first-order chi connectivity index (χ1) is 30.5. The summed E-state index contributed by atoms with van der Waals surface area (Å²) in [6, 6.07) is 25.0. The van der Waals surface area contributed by atoms with Crippen molar-refractivity contribution in [2.75, 3.05) is 64.2 Å². The molecule has 0 amide bonds. The molecule has 4 aromatic carbocycles. The van der Waals surface area contributed by atoms with Gasteiger partial charge in [0.1, 0.15) is 0 Å². The van der Waals surface area contributed by atoms with Crippen molar-refractivity contribution in [2.45, 2.75) is 81.1 Å². The van der Waals surface area contributed by atoms with Crippen LogP contribution in [0.5, 0.6) is 0 Å². The quantitative estimate of drug-likeness (QED) is 0.188. The summed E-state index contributed by atoms with van der Waals surface area (Å²) in [6.45, 7) is 19.3. The molecule has 0 bridgehead atoms. The maximum atomic E-state index is 6.13. The molecule has 17 heteroatoms. The van der Waals surface area contributed by atoms with Crippen LogP contribution >= 0.6 is 158 Å². The van der Waals surface area contributed by atoms with Gasteiger partial charge in [-0.15, -0.1) is 49.6 Å². The largest absolute Gasteiger partial charge is 0.316 e. The Balaban J connectivity index is 0.000000191. The van der Waals surface area contributed by atoms with Gasteiger partial charge in [0.2, 0.25) is 0 Å². The van der Waals surface area contributed by atoms with Crippen LogP contribution in [0.3, 0.4) is 0 Å². The first-order valence-corrected chi connectivity index (χ1v) is 26.9. The number of alkyl halides is 1. The molecule has 0 aromatic heterocycles. The summed E-state index contributed by atoms with van der Waals surface area (Å²) in [5.41, 5.74) is 6.98. The van der Waals surface area contributed by atoms with Gasteiger partial charge in [0.05, 0.1) is 40.2 Å². The van der Waals surface area contributed by atoms with Gasteiger partial charge in [0, 0.05) is 72.3 Å². The maximum absolute atomic E-state index is 6.13. The van der Waals surface area contributed by atoms with Gasteiger partial charge >= 0.3 is 0 Å². The van der Waals surface area contributed by atoms with E-state index >= 15 is 0 Å². The molecule has 4 saturated carbocycles. The number of likely N-dealkylation sites (tertiary alicyclic amines) is 2. The number of nitrogens with zero attached hydrogens (tertiary/aromatic N) is 2. The molecule has 0 spiro atoms. The number of halogens is 13. The van der Waals surface area contributed by atoms with Crippen LogP contribution < -0.4 is 10.6 Å². The third kappa shape index (κ3) is 12.7. The molecule has 12 rings (SSSR count). The van der Waals surface area contributed by atoms with Crippen LogP contribution in [0, 0.1) is 23.7 Å². The number of nitrogens with one attached hydrogen (secondary N) is 2. The highest BCUT2D eigenvalue weighted by Crippen LogP contribution is 2.61. The normalized spacial score (nSPS) is 30.1. The molecule has 8 atom stereocenters. The Hall–Kier alpha value is 0.680. The van der Waals surface area contributed by atoms with Crippen LogP contribution in [0.25, 0.3) is 0 Å². The topological polar surface area (TPSA) is 30.5 Å². The lowest BCUT2D eigenvalue weighted by atomic mass is 9.95. The molecule has 4 aromatic rings. The Bertz CT molecular complexity index is 2270. The van der Waals surface area contributed by atoms with Crippen LogP contribution in [0.4, 0.5) is 0 Å². The minimum absolute atomic E-state index is 0. The van der Waals surface area contributed by atoms with E-state index in [-0.39, 0.29) is 49.6 Å². The summed E-state index contributed by atoms with van der Waals surface area (Å²) >= 11 is 51.2. The number of benzene rings is 4. The Kier molecular flexibility index (Phi) is 22.5. The molecule has 378 valence electrons. The van der Waals surface area contributed by atoms with Crippen molar-refractivity contribution in [1.82, 2.24) is 20.4 Å². The smallest absolute Gasteiger partial charge is 0.0595 e. The second-order valence-corrected chi connectivity index (χ2v) is 24.0. The second kappa shape index (κ2) is 25.0. The number of hydrogen-bond acceptors (Lipinski definition) is 4. The molecule has 4 aliphatic heterocycles. The lowest BCUT2D eigenvalue weighted by molar-refractivity contribution is 0.243. The van der Waals surface area contributed by atoms with Crippen LogP contribution in [0.2, 0.25) is 40.2 Å². The Labute approximate surface area is 478 Å². The van der Waals surface area contributed by atoms with Gasteiger partial charge in [0.15, 0.2) is 0 Å². The van der Waals surface area contributed by atoms with Crippen LogP contribution in [-0.2, 0) is 21.7 Å². The first-order valence-electron chi connectivity index (χ1n) is 22.8. The minimum Gasteiger partial charge on any atom is -0.316 e. The van der Waals surface area contributed by atoms with Crippen molar-refractivity contribution in [3.05, 3.63) is 135 Å². The zero-order chi connectivity index (χ0) is 45.8. The Morgan fingerprint density at radius 1 is 0.500 bits per heavy atom. The van der Waals surface area contributed by atoms with Gasteiger partial charge in [-0.1, -0.05) is 147 Å². The molecule has 4 heterocycles. The summed E-state index contributed by atoms with van der Waals surface area (Å²) in [6.07, 6.45) is 5.24. The lowest BCUT2D eigenvalue weighted by Gasteiger charge is -2.24. The molecule has 4 saturated heterocycles. The predicted octanol–water partition coefficient (Wildman–Crippen LogP) is 16.4. The molecule has 0 radical (unpaired) electrons. The predicted molar refractivity (Wildman–Crippen MR) is 308 cm³/mol. The molecular formula is C51H63BrCl12N4. The van der Waals surface area contributed by atoms with Crippen LogP contribution in [-0.4, -0.2) is 80.1 Å². The molecule has 8 fully saturated rings. The molecule has 4 unspecified atom stereocenters. The molecule has 68 heavy (non-hydrogen) atoms. The Morgan fingerprint density at radius 3 is 1.09 bits per heavy atom. The lowest BCUT2D eigenvalue weighted by Crippen LogP contribution is -2.32. The van der Waals surface area contributed by atoms with Crippen molar-refractivity contribution in [1.29, 1.82) is 0 Å².